The Morgan fingerprint density at radius 1 is 1.14 bits per heavy atom. The van der Waals surface area contributed by atoms with E-state index in [-0.39, 0.29) is 12.2 Å². The van der Waals surface area contributed by atoms with E-state index in [9.17, 15) is 4.79 Å². The van der Waals surface area contributed by atoms with E-state index in [2.05, 4.69) is 0 Å². The van der Waals surface area contributed by atoms with Crippen molar-refractivity contribution in [1.82, 2.24) is 0 Å². The van der Waals surface area contributed by atoms with Gasteiger partial charge in [0.05, 0.1) is 18.1 Å². The summed E-state index contributed by atoms with van der Waals surface area (Å²) in [5.41, 5.74) is 2.48. The highest BCUT2D eigenvalue weighted by Crippen LogP contribution is 2.38. The van der Waals surface area contributed by atoms with Gasteiger partial charge in [0.1, 0.15) is 12.9 Å². The Morgan fingerprint density at radius 3 is 2.75 bits per heavy atom. The number of hydrogen-bond acceptors (Lipinski definition) is 6. The number of methoxy groups -OCH3 is 1. The topological polar surface area (TPSA) is 67.1 Å². The Hall–Kier alpha value is -3.41. The molecule has 0 fully saturated rings. The molecule has 0 saturated heterocycles. The first-order valence-electron chi connectivity index (χ1n) is 8.87. The Balaban J connectivity index is 1.77. The summed E-state index contributed by atoms with van der Waals surface area (Å²) in [5.74, 6) is 2.19. The minimum atomic E-state index is -0.158. The van der Waals surface area contributed by atoms with Crippen molar-refractivity contribution in [3.63, 3.8) is 0 Å². The molecule has 1 aromatic heterocycles. The van der Waals surface area contributed by atoms with E-state index in [1.54, 1.807) is 30.3 Å². The van der Waals surface area contributed by atoms with Gasteiger partial charge in [0.25, 0.3) is 0 Å². The number of rotatable bonds is 5. The van der Waals surface area contributed by atoms with Crippen molar-refractivity contribution in [3.05, 3.63) is 58.5 Å². The van der Waals surface area contributed by atoms with Crippen molar-refractivity contribution in [2.45, 2.75) is 13.8 Å². The highest BCUT2D eigenvalue weighted by molar-refractivity contribution is 5.88. The molecule has 144 valence electrons. The van der Waals surface area contributed by atoms with Crippen LogP contribution in [0.3, 0.4) is 0 Å². The molecule has 1 aliphatic rings. The summed E-state index contributed by atoms with van der Waals surface area (Å²) in [4.78, 5) is 13.1. The first kappa shape index (κ1) is 18.0. The largest absolute Gasteiger partial charge is 0.490 e. The van der Waals surface area contributed by atoms with Crippen LogP contribution in [0.5, 0.6) is 23.0 Å². The third-order valence-corrected chi connectivity index (χ3v) is 4.48. The fraction of sp³-hybridized carbons (Fsp3) is 0.227. The second kappa shape index (κ2) is 7.31. The van der Waals surface area contributed by atoms with Crippen molar-refractivity contribution in [3.8, 4) is 34.1 Å². The van der Waals surface area contributed by atoms with Crippen molar-refractivity contribution in [2.24, 2.45) is 0 Å². The molecule has 0 radical (unpaired) electrons. The van der Waals surface area contributed by atoms with Crippen LogP contribution in [0.15, 0.2) is 57.5 Å². The summed E-state index contributed by atoms with van der Waals surface area (Å²) in [6.45, 7) is 4.58. The van der Waals surface area contributed by atoms with Crippen LogP contribution in [0.4, 0.5) is 0 Å². The molecule has 0 N–H and O–H groups in total. The van der Waals surface area contributed by atoms with E-state index in [0.717, 1.165) is 5.57 Å². The average molecular weight is 380 g/mol. The van der Waals surface area contributed by atoms with Crippen molar-refractivity contribution in [2.75, 3.05) is 20.5 Å². The molecular formula is C22H20O6. The van der Waals surface area contributed by atoms with Crippen LogP contribution in [0.1, 0.15) is 13.8 Å². The van der Waals surface area contributed by atoms with E-state index < -0.39 is 0 Å². The third kappa shape index (κ3) is 3.17. The van der Waals surface area contributed by atoms with Gasteiger partial charge in [-0.3, -0.25) is 4.79 Å². The Kier molecular flexibility index (Phi) is 4.69. The van der Waals surface area contributed by atoms with Crippen molar-refractivity contribution < 1.29 is 23.4 Å². The van der Waals surface area contributed by atoms with Crippen LogP contribution in [-0.2, 0) is 0 Å². The maximum Gasteiger partial charge on any atom is 0.231 e. The molecule has 0 bridgehead atoms. The minimum Gasteiger partial charge on any atom is -0.490 e. The van der Waals surface area contributed by atoms with E-state index in [4.69, 9.17) is 23.4 Å². The monoisotopic (exact) mass is 380 g/mol. The van der Waals surface area contributed by atoms with Gasteiger partial charge in [-0.2, -0.15) is 0 Å². The lowest BCUT2D eigenvalue weighted by Crippen LogP contribution is -2.06. The molecule has 0 saturated carbocycles. The SMILES string of the molecule is COc1c(OCC=C(C)C)ccc2c(=O)c(-c3ccc4c(c3)OCO4)coc12. The van der Waals surface area contributed by atoms with Crippen LogP contribution in [0.2, 0.25) is 0 Å². The van der Waals surface area contributed by atoms with Gasteiger partial charge >= 0.3 is 0 Å². The minimum absolute atomic E-state index is 0.158. The molecule has 4 rings (SSSR count). The molecule has 0 aliphatic carbocycles. The quantitative estimate of drug-likeness (QED) is 0.605. The lowest BCUT2D eigenvalue weighted by atomic mass is 10.0. The second-order valence-electron chi connectivity index (χ2n) is 6.61. The lowest BCUT2D eigenvalue weighted by Gasteiger charge is -2.12. The normalized spacial score (nSPS) is 12.1. The maximum absolute atomic E-state index is 13.1. The fourth-order valence-electron chi connectivity index (χ4n) is 3.03. The summed E-state index contributed by atoms with van der Waals surface area (Å²) < 4.78 is 27.7. The van der Waals surface area contributed by atoms with Gasteiger partial charge in [-0.05, 0) is 49.8 Å². The predicted molar refractivity (Wildman–Crippen MR) is 106 cm³/mol. The average Bonchev–Trinajstić information content (AvgIpc) is 3.15. The molecule has 1 aliphatic heterocycles. The van der Waals surface area contributed by atoms with Crippen LogP contribution >= 0.6 is 0 Å². The number of fused-ring (bicyclic) bond motifs is 2. The zero-order valence-corrected chi connectivity index (χ0v) is 15.9. The van der Waals surface area contributed by atoms with E-state index in [0.29, 0.717) is 51.7 Å². The highest BCUT2D eigenvalue weighted by atomic mass is 16.7. The van der Waals surface area contributed by atoms with Gasteiger partial charge in [0.15, 0.2) is 22.8 Å². The number of benzene rings is 2. The molecule has 3 aromatic rings. The molecule has 0 unspecified atom stereocenters. The molecule has 28 heavy (non-hydrogen) atoms. The zero-order valence-electron chi connectivity index (χ0n) is 15.9. The van der Waals surface area contributed by atoms with Crippen molar-refractivity contribution in [1.29, 1.82) is 0 Å². The van der Waals surface area contributed by atoms with Gasteiger partial charge in [-0.15, -0.1) is 0 Å². The van der Waals surface area contributed by atoms with Gasteiger partial charge in [-0.25, -0.2) is 0 Å². The molecule has 0 spiro atoms. The lowest BCUT2D eigenvalue weighted by molar-refractivity contribution is 0.174. The first-order chi connectivity index (χ1) is 13.6. The second-order valence-corrected chi connectivity index (χ2v) is 6.61. The van der Waals surface area contributed by atoms with Crippen LogP contribution in [0.25, 0.3) is 22.1 Å². The zero-order chi connectivity index (χ0) is 19.7. The summed E-state index contributed by atoms with van der Waals surface area (Å²) in [6.07, 6.45) is 3.40. The molecular weight excluding hydrogens is 360 g/mol. The van der Waals surface area contributed by atoms with Gasteiger partial charge in [0, 0.05) is 0 Å². The highest BCUT2D eigenvalue weighted by Gasteiger charge is 2.19. The standard InChI is InChI=1S/C22H20O6/c1-13(2)8-9-25-18-7-5-15-20(23)16(11-26-21(15)22(18)24-3)14-4-6-17-19(10-14)28-12-27-17/h4-8,10-11H,9,12H2,1-3H3. The number of hydrogen-bond donors (Lipinski definition) is 0. The predicted octanol–water partition coefficient (Wildman–Crippen LogP) is 4.54. The van der Waals surface area contributed by atoms with Gasteiger partial charge < -0.3 is 23.4 Å². The van der Waals surface area contributed by atoms with E-state index in [1.165, 1.54) is 13.4 Å². The van der Waals surface area contributed by atoms with Crippen molar-refractivity contribution >= 4 is 11.0 Å². The Labute approximate surface area is 161 Å². The van der Waals surface area contributed by atoms with Gasteiger partial charge in [0.2, 0.25) is 18.0 Å². The molecule has 6 heteroatoms. The molecule has 2 heterocycles. The smallest absolute Gasteiger partial charge is 0.231 e. The summed E-state index contributed by atoms with van der Waals surface area (Å²) in [5, 5.41) is 0.418. The Bertz CT molecular complexity index is 1120. The fourth-order valence-corrected chi connectivity index (χ4v) is 3.03. The summed E-state index contributed by atoms with van der Waals surface area (Å²) in [6, 6.07) is 8.77. The third-order valence-electron chi connectivity index (χ3n) is 4.48. The molecule has 2 aromatic carbocycles. The summed E-state index contributed by atoms with van der Waals surface area (Å²) >= 11 is 0. The maximum atomic E-state index is 13.1. The van der Waals surface area contributed by atoms with E-state index in [1.807, 2.05) is 19.9 Å². The first-order valence-corrected chi connectivity index (χ1v) is 8.87. The van der Waals surface area contributed by atoms with Gasteiger partial charge in [-0.1, -0.05) is 11.6 Å². The van der Waals surface area contributed by atoms with Crippen LogP contribution in [-0.4, -0.2) is 20.5 Å². The van der Waals surface area contributed by atoms with Crippen LogP contribution < -0.4 is 24.4 Å². The Morgan fingerprint density at radius 2 is 1.96 bits per heavy atom. The number of allylic oxidation sites excluding steroid dienone is 1. The molecule has 0 atom stereocenters. The molecule has 0 amide bonds. The summed E-state index contributed by atoms with van der Waals surface area (Å²) in [7, 11) is 1.52. The van der Waals surface area contributed by atoms with E-state index >= 15 is 0 Å². The van der Waals surface area contributed by atoms with Crippen LogP contribution in [0, 0.1) is 0 Å². The molecule has 6 nitrogen and oxygen atoms in total. The number of ether oxygens (including phenoxy) is 4.